The van der Waals surface area contributed by atoms with E-state index in [9.17, 15) is 0 Å². The van der Waals surface area contributed by atoms with Gasteiger partial charge in [0.2, 0.25) is 0 Å². The summed E-state index contributed by atoms with van der Waals surface area (Å²) in [5, 5.41) is 3.61. The third-order valence-corrected chi connectivity index (χ3v) is 4.24. The molecule has 0 saturated heterocycles. The van der Waals surface area contributed by atoms with E-state index in [-0.39, 0.29) is 0 Å². The molecule has 0 bridgehead atoms. The van der Waals surface area contributed by atoms with Gasteiger partial charge in [-0.15, -0.1) is 0 Å². The number of aryl methyl sites for hydroxylation is 1. The summed E-state index contributed by atoms with van der Waals surface area (Å²) < 4.78 is 6.27. The first-order chi connectivity index (χ1) is 9.60. The second kappa shape index (κ2) is 7.12. The third-order valence-electron chi connectivity index (χ3n) is 4.24. The van der Waals surface area contributed by atoms with Gasteiger partial charge in [-0.2, -0.15) is 0 Å². The Balaban J connectivity index is 1.95. The van der Waals surface area contributed by atoms with E-state index in [0.717, 1.165) is 18.7 Å². The van der Waals surface area contributed by atoms with E-state index in [1.165, 1.54) is 30.4 Å². The van der Waals surface area contributed by atoms with Crippen molar-refractivity contribution in [2.45, 2.75) is 71.4 Å². The Morgan fingerprint density at radius 1 is 1.30 bits per heavy atom. The van der Waals surface area contributed by atoms with E-state index in [2.05, 4.69) is 51.2 Å². The van der Waals surface area contributed by atoms with Gasteiger partial charge in [0.15, 0.2) is 0 Å². The zero-order valence-electron chi connectivity index (χ0n) is 13.4. The molecule has 0 aromatic heterocycles. The molecule has 112 valence electrons. The number of hydrogen-bond acceptors (Lipinski definition) is 2. The maximum atomic E-state index is 6.27. The fraction of sp³-hybridized carbons (Fsp3) is 0.667. The number of rotatable bonds is 6. The molecule has 0 aliphatic heterocycles. The Bertz CT molecular complexity index is 427. The van der Waals surface area contributed by atoms with E-state index in [1.807, 2.05) is 0 Å². The van der Waals surface area contributed by atoms with Crippen LogP contribution in [-0.2, 0) is 0 Å². The van der Waals surface area contributed by atoms with Crippen LogP contribution in [0.1, 0.15) is 63.5 Å². The first-order valence-electron chi connectivity index (χ1n) is 8.10. The fourth-order valence-corrected chi connectivity index (χ4v) is 2.86. The van der Waals surface area contributed by atoms with Crippen LogP contribution >= 0.6 is 0 Å². The molecule has 1 N–H and O–H groups in total. The van der Waals surface area contributed by atoms with E-state index >= 15 is 0 Å². The van der Waals surface area contributed by atoms with Crippen LogP contribution in [0, 0.1) is 6.92 Å². The largest absolute Gasteiger partial charge is 0.490 e. The smallest absolute Gasteiger partial charge is 0.122 e. The number of benzene rings is 1. The van der Waals surface area contributed by atoms with Crippen molar-refractivity contribution < 1.29 is 4.74 Å². The van der Waals surface area contributed by atoms with Gasteiger partial charge in [-0.05, 0) is 62.3 Å². The summed E-state index contributed by atoms with van der Waals surface area (Å²) in [4.78, 5) is 0. The van der Waals surface area contributed by atoms with Gasteiger partial charge in [-0.25, -0.2) is 0 Å². The van der Waals surface area contributed by atoms with Gasteiger partial charge in [-0.1, -0.05) is 32.9 Å². The molecule has 0 amide bonds. The molecule has 2 nitrogen and oxygen atoms in total. The molecular weight excluding hydrogens is 246 g/mol. The topological polar surface area (TPSA) is 21.3 Å². The minimum atomic E-state index is 0.380. The van der Waals surface area contributed by atoms with Crippen LogP contribution in [0.5, 0.6) is 5.75 Å². The highest BCUT2D eigenvalue weighted by molar-refractivity contribution is 5.38. The zero-order chi connectivity index (χ0) is 14.5. The van der Waals surface area contributed by atoms with Crippen molar-refractivity contribution in [3.63, 3.8) is 0 Å². The van der Waals surface area contributed by atoms with Crippen molar-refractivity contribution in [3.05, 3.63) is 29.3 Å². The summed E-state index contributed by atoms with van der Waals surface area (Å²) in [7, 11) is 0. The van der Waals surface area contributed by atoms with Gasteiger partial charge in [0.1, 0.15) is 11.9 Å². The maximum Gasteiger partial charge on any atom is 0.122 e. The molecule has 2 rings (SSSR count). The van der Waals surface area contributed by atoms with Crippen molar-refractivity contribution in [2.75, 3.05) is 6.54 Å². The first kappa shape index (κ1) is 15.4. The van der Waals surface area contributed by atoms with Gasteiger partial charge in [0.25, 0.3) is 0 Å². The normalized spacial score (nSPS) is 22.4. The molecule has 2 heteroatoms. The molecule has 1 aliphatic rings. The van der Waals surface area contributed by atoms with Crippen LogP contribution < -0.4 is 10.1 Å². The summed E-state index contributed by atoms with van der Waals surface area (Å²) in [6.45, 7) is 9.95. The van der Waals surface area contributed by atoms with Crippen LogP contribution in [-0.4, -0.2) is 18.7 Å². The van der Waals surface area contributed by atoms with Crippen LogP contribution in [0.15, 0.2) is 18.2 Å². The molecule has 1 fully saturated rings. The van der Waals surface area contributed by atoms with Crippen molar-refractivity contribution in [2.24, 2.45) is 0 Å². The number of nitrogens with one attached hydrogen (secondary N) is 1. The lowest BCUT2D eigenvalue weighted by Crippen LogP contribution is -2.28. The predicted octanol–water partition coefficient (Wildman–Crippen LogP) is 4.42. The average Bonchev–Trinajstić information content (AvgIpc) is 2.86. The SMILES string of the molecule is CCCNC1CCC(Oc2cc(C(C)C)ccc2C)C1. The second-order valence-corrected chi connectivity index (χ2v) is 6.38. The van der Waals surface area contributed by atoms with E-state index in [0.29, 0.717) is 18.1 Å². The van der Waals surface area contributed by atoms with Gasteiger partial charge < -0.3 is 10.1 Å². The summed E-state index contributed by atoms with van der Waals surface area (Å²) in [6, 6.07) is 7.28. The molecular formula is C18H29NO. The third kappa shape index (κ3) is 3.99. The molecule has 2 atom stereocenters. The molecule has 20 heavy (non-hydrogen) atoms. The molecule has 0 radical (unpaired) electrons. The van der Waals surface area contributed by atoms with Crippen molar-refractivity contribution in [1.29, 1.82) is 0 Å². The summed E-state index contributed by atoms with van der Waals surface area (Å²) >= 11 is 0. The van der Waals surface area contributed by atoms with E-state index < -0.39 is 0 Å². The Labute approximate surface area is 123 Å². The maximum absolute atomic E-state index is 6.27. The predicted molar refractivity (Wildman–Crippen MR) is 85.6 cm³/mol. The molecule has 0 spiro atoms. The highest BCUT2D eigenvalue weighted by Gasteiger charge is 2.25. The van der Waals surface area contributed by atoms with E-state index in [4.69, 9.17) is 4.74 Å². The van der Waals surface area contributed by atoms with Crippen LogP contribution in [0.25, 0.3) is 0 Å². The lowest BCUT2D eigenvalue weighted by molar-refractivity contribution is 0.204. The fourth-order valence-electron chi connectivity index (χ4n) is 2.86. The second-order valence-electron chi connectivity index (χ2n) is 6.38. The van der Waals surface area contributed by atoms with Gasteiger partial charge in [0, 0.05) is 6.04 Å². The van der Waals surface area contributed by atoms with Crippen molar-refractivity contribution in [1.82, 2.24) is 5.32 Å². The summed E-state index contributed by atoms with van der Waals surface area (Å²) in [6.07, 6.45) is 5.15. The standard InChI is InChI=1S/C18H29NO/c1-5-10-19-16-8-9-17(12-16)20-18-11-15(13(2)3)7-6-14(18)4/h6-7,11,13,16-17,19H,5,8-10,12H2,1-4H3. The molecule has 1 aromatic carbocycles. The number of ether oxygens (including phenoxy) is 1. The summed E-state index contributed by atoms with van der Waals surface area (Å²) in [5.74, 6) is 1.64. The molecule has 1 aromatic rings. The van der Waals surface area contributed by atoms with Crippen molar-refractivity contribution in [3.8, 4) is 5.75 Å². The molecule has 0 heterocycles. The van der Waals surface area contributed by atoms with Crippen LogP contribution in [0.3, 0.4) is 0 Å². The summed E-state index contributed by atoms with van der Waals surface area (Å²) in [5.41, 5.74) is 2.61. The average molecular weight is 275 g/mol. The number of hydrogen-bond donors (Lipinski definition) is 1. The van der Waals surface area contributed by atoms with E-state index in [1.54, 1.807) is 0 Å². The lowest BCUT2D eigenvalue weighted by atomic mass is 10.0. The monoisotopic (exact) mass is 275 g/mol. The molecule has 2 unspecified atom stereocenters. The quantitative estimate of drug-likeness (QED) is 0.830. The Morgan fingerprint density at radius 3 is 2.80 bits per heavy atom. The highest BCUT2D eigenvalue weighted by atomic mass is 16.5. The Kier molecular flexibility index (Phi) is 5.47. The zero-order valence-corrected chi connectivity index (χ0v) is 13.4. The minimum absolute atomic E-state index is 0.380. The lowest BCUT2D eigenvalue weighted by Gasteiger charge is -2.18. The Hall–Kier alpha value is -1.02. The molecule has 1 aliphatic carbocycles. The van der Waals surface area contributed by atoms with Crippen LogP contribution in [0.4, 0.5) is 0 Å². The van der Waals surface area contributed by atoms with Crippen LogP contribution in [0.2, 0.25) is 0 Å². The minimum Gasteiger partial charge on any atom is -0.490 e. The highest BCUT2D eigenvalue weighted by Crippen LogP contribution is 2.29. The van der Waals surface area contributed by atoms with Crippen molar-refractivity contribution >= 4 is 0 Å². The van der Waals surface area contributed by atoms with Gasteiger partial charge in [0.05, 0.1) is 0 Å². The van der Waals surface area contributed by atoms with Gasteiger partial charge in [-0.3, -0.25) is 0 Å². The first-order valence-corrected chi connectivity index (χ1v) is 8.10. The Morgan fingerprint density at radius 2 is 2.10 bits per heavy atom. The van der Waals surface area contributed by atoms with Gasteiger partial charge >= 0.3 is 0 Å². The molecule has 1 saturated carbocycles.